The van der Waals surface area contributed by atoms with Crippen molar-refractivity contribution in [2.24, 2.45) is 0 Å². The molecular formula is C15H10F2O4. The summed E-state index contributed by atoms with van der Waals surface area (Å²) in [5.41, 5.74) is -0.193. The zero-order chi connectivity index (χ0) is 15.6. The molecule has 6 heteroatoms. The summed E-state index contributed by atoms with van der Waals surface area (Å²) in [4.78, 5) is 22.9. The fourth-order valence-electron chi connectivity index (χ4n) is 1.70. The lowest BCUT2D eigenvalue weighted by Crippen LogP contribution is -2.13. The van der Waals surface area contributed by atoms with Gasteiger partial charge in [0.1, 0.15) is 22.9 Å². The van der Waals surface area contributed by atoms with Crippen LogP contribution in [0.5, 0.6) is 5.75 Å². The first kappa shape index (κ1) is 14.6. The van der Waals surface area contributed by atoms with Gasteiger partial charge in [-0.3, -0.25) is 0 Å². The third-order valence-electron chi connectivity index (χ3n) is 2.72. The van der Waals surface area contributed by atoms with Gasteiger partial charge >= 0.3 is 11.9 Å². The Labute approximate surface area is 118 Å². The van der Waals surface area contributed by atoms with Crippen molar-refractivity contribution < 1.29 is 28.2 Å². The van der Waals surface area contributed by atoms with E-state index in [1.807, 2.05) is 0 Å². The maximum absolute atomic E-state index is 13.5. The second kappa shape index (κ2) is 5.70. The van der Waals surface area contributed by atoms with Crippen molar-refractivity contribution in [1.82, 2.24) is 0 Å². The molecule has 4 nitrogen and oxygen atoms in total. The molecule has 0 bridgehead atoms. The molecule has 0 amide bonds. The number of carboxylic acids is 1. The first-order valence-electron chi connectivity index (χ1n) is 5.89. The van der Waals surface area contributed by atoms with Gasteiger partial charge in [-0.15, -0.1) is 0 Å². The third kappa shape index (κ3) is 3.22. The van der Waals surface area contributed by atoms with Gasteiger partial charge in [-0.2, -0.15) is 0 Å². The van der Waals surface area contributed by atoms with Crippen LogP contribution in [0.3, 0.4) is 0 Å². The predicted octanol–water partition coefficient (Wildman–Crippen LogP) is 3.19. The maximum atomic E-state index is 13.5. The number of halogens is 2. The Bertz CT molecular complexity index is 726. The van der Waals surface area contributed by atoms with E-state index in [-0.39, 0.29) is 11.3 Å². The van der Waals surface area contributed by atoms with Gasteiger partial charge in [0.2, 0.25) is 0 Å². The number of aryl methyl sites for hydroxylation is 1. The Hall–Kier alpha value is -2.76. The second-order valence-corrected chi connectivity index (χ2v) is 4.32. The highest BCUT2D eigenvalue weighted by Gasteiger charge is 2.19. The highest BCUT2D eigenvalue weighted by Crippen LogP contribution is 2.22. The Morgan fingerprint density at radius 1 is 1.05 bits per heavy atom. The summed E-state index contributed by atoms with van der Waals surface area (Å²) in [6.07, 6.45) is 0. The van der Waals surface area contributed by atoms with Gasteiger partial charge in [0.05, 0.1) is 5.56 Å². The van der Waals surface area contributed by atoms with Crippen LogP contribution in [-0.2, 0) is 0 Å². The lowest BCUT2D eigenvalue weighted by molar-refractivity contribution is 0.0680. The van der Waals surface area contributed by atoms with Crippen molar-refractivity contribution >= 4 is 11.9 Å². The molecule has 0 heterocycles. The van der Waals surface area contributed by atoms with Crippen LogP contribution in [0, 0.1) is 18.6 Å². The number of carbonyl (C=O) groups is 2. The summed E-state index contributed by atoms with van der Waals surface area (Å²) in [5.74, 6) is -4.44. The molecule has 0 fully saturated rings. The standard InChI is InChI=1S/C15H10F2O4/c1-8-2-4-10(14(18)19)13(6-8)21-15(20)11-7-9(16)3-5-12(11)17/h2-7H,1H3,(H,18,19). The van der Waals surface area contributed by atoms with Crippen molar-refractivity contribution in [2.45, 2.75) is 6.92 Å². The summed E-state index contributed by atoms with van der Waals surface area (Å²) in [6, 6.07) is 6.47. The van der Waals surface area contributed by atoms with E-state index in [2.05, 4.69) is 0 Å². The molecule has 0 aliphatic heterocycles. The van der Waals surface area contributed by atoms with E-state index in [0.29, 0.717) is 11.6 Å². The SMILES string of the molecule is Cc1ccc(C(=O)O)c(OC(=O)c2cc(F)ccc2F)c1. The van der Waals surface area contributed by atoms with E-state index in [9.17, 15) is 18.4 Å². The Kier molecular flexibility index (Phi) is 3.98. The van der Waals surface area contributed by atoms with Gasteiger partial charge in [0.15, 0.2) is 0 Å². The highest BCUT2D eigenvalue weighted by molar-refractivity contribution is 5.95. The number of rotatable bonds is 3. The predicted molar refractivity (Wildman–Crippen MR) is 69.5 cm³/mol. The van der Waals surface area contributed by atoms with E-state index in [1.54, 1.807) is 6.92 Å². The normalized spacial score (nSPS) is 10.2. The molecule has 0 saturated heterocycles. The van der Waals surface area contributed by atoms with Crippen LogP contribution in [0.15, 0.2) is 36.4 Å². The molecular weight excluding hydrogens is 282 g/mol. The summed E-state index contributed by atoms with van der Waals surface area (Å²) >= 11 is 0. The topological polar surface area (TPSA) is 63.6 Å². The second-order valence-electron chi connectivity index (χ2n) is 4.32. The molecule has 2 aromatic rings. The van der Waals surface area contributed by atoms with Gasteiger partial charge in [0.25, 0.3) is 0 Å². The molecule has 0 unspecified atom stereocenters. The van der Waals surface area contributed by atoms with Crippen molar-refractivity contribution in [3.8, 4) is 5.75 Å². The molecule has 0 radical (unpaired) electrons. The smallest absolute Gasteiger partial charge is 0.346 e. The Morgan fingerprint density at radius 2 is 1.76 bits per heavy atom. The Morgan fingerprint density at radius 3 is 2.43 bits per heavy atom. The van der Waals surface area contributed by atoms with Crippen LogP contribution >= 0.6 is 0 Å². The van der Waals surface area contributed by atoms with Crippen LogP contribution in [-0.4, -0.2) is 17.0 Å². The molecule has 0 aliphatic carbocycles. The summed E-state index contributed by atoms with van der Waals surface area (Å²) in [6.45, 7) is 1.67. The van der Waals surface area contributed by atoms with E-state index in [1.165, 1.54) is 18.2 Å². The molecule has 0 saturated carbocycles. The van der Waals surface area contributed by atoms with Crippen LogP contribution in [0.2, 0.25) is 0 Å². The van der Waals surface area contributed by atoms with Crippen molar-refractivity contribution in [3.63, 3.8) is 0 Å². The highest BCUT2D eigenvalue weighted by atomic mass is 19.1. The summed E-state index contributed by atoms with van der Waals surface area (Å²) in [5, 5.41) is 9.01. The quantitative estimate of drug-likeness (QED) is 0.697. The number of aromatic carboxylic acids is 1. The molecule has 108 valence electrons. The molecule has 2 aromatic carbocycles. The third-order valence-corrected chi connectivity index (χ3v) is 2.72. The summed E-state index contributed by atoms with van der Waals surface area (Å²) in [7, 11) is 0. The number of ether oxygens (including phenoxy) is 1. The molecule has 0 aromatic heterocycles. The first-order chi connectivity index (χ1) is 9.88. The van der Waals surface area contributed by atoms with Gasteiger partial charge in [0, 0.05) is 0 Å². The Balaban J connectivity index is 2.38. The lowest BCUT2D eigenvalue weighted by Gasteiger charge is -2.09. The average molecular weight is 292 g/mol. The fraction of sp³-hybridized carbons (Fsp3) is 0.0667. The molecule has 1 N–H and O–H groups in total. The number of esters is 1. The zero-order valence-electron chi connectivity index (χ0n) is 10.9. The largest absolute Gasteiger partial charge is 0.478 e. The lowest BCUT2D eigenvalue weighted by atomic mass is 10.1. The number of benzene rings is 2. The van der Waals surface area contributed by atoms with Crippen molar-refractivity contribution in [3.05, 3.63) is 64.7 Å². The number of carboxylic acid groups (broad SMARTS) is 1. The minimum absolute atomic E-state index is 0.226. The first-order valence-corrected chi connectivity index (χ1v) is 5.89. The monoisotopic (exact) mass is 292 g/mol. The number of carbonyl (C=O) groups excluding carboxylic acids is 1. The van der Waals surface area contributed by atoms with Crippen LogP contribution in [0.4, 0.5) is 8.78 Å². The van der Waals surface area contributed by atoms with Gasteiger partial charge in [-0.1, -0.05) is 6.07 Å². The number of hydrogen-bond donors (Lipinski definition) is 1. The fourth-order valence-corrected chi connectivity index (χ4v) is 1.70. The minimum Gasteiger partial charge on any atom is -0.478 e. The van der Waals surface area contributed by atoms with E-state index in [0.717, 1.165) is 12.1 Å². The zero-order valence-corrected chi connectivity index (χ0v) is 10.9. The van der Waals surface area contributed by atoms with Crippen LogP contribution in [0.25, 0.3) is 0 Å². The summed E-state index contributed by atoms with van der Waals surface area (Å²) < 4.78 is 31.4. The van der Waals surface area contributed by atoms with Gasteiger partial charge in [-0.25, -0.2) is 18.4 Å². The molecule has 2 rings (SSSR count). The molecule has 0 atom stereocenters. The van der Waals surface area contributed by atoms with Gasteiger partial charge < -0.3 is 9.84 Å². The minimum atomic E-state index is -1.29. The number of hydrogen-bond acceptors (Lipinski definition) is 3. The van der Waals surface area contributed by atoms with E-state index in [4.69, 9.17) is 9.84 Å². The average Bonchev–Trinajstić information content (AvgIpc) is 2.41. The van der Waals surface area contributed by atoms with Crippen LogP contribution in [0.1, 0.15) is 26.3 Å². The van der Waals surface area contributed by atoms with Crippen molar-refractivity contribution in [2.75, 3.05) is 0 Å². The van der Waals surface area contributed by atoms with E-state index >= 15 is 0 Å². The van der Waals surface area contributed by atoms with Crippen molar-refractivity contribution in [1.29, 1.82) is 0 Å². The molecule has 21 heavy (non-hydrogen) atoms. The molecule has 0 aliphatic rings. The van der Waals surface area contributed by atoms with E-state index < -0.39 is 29.1 Å². The van der Waals surface area contributed by atoms with Gasteiger partial charge in [-0.05, 0) is 42.8 Å². The maximum Gasteiger partial charge on any atom is 0.346 e. The molecule has 0 spiro atoms. The van der Waals surface area contributed by atoms with Crippen LogP contribution < -0.4 is 4.74 Å².